The van der Waals surface area contributed by atoms with E-state index in [1.54, 1.807) is 19.0 Å². The second-order valence-corrected chi connectivity index (χ2v) is 5.41. The van der Waals surface area contributed by atoms with Crippen LogP contribution in [0.15, 0.2) is 34.7 Å². The summed E-state index contributed by atoms with van der Waals surface area (Å²) < 4.78 is 5.74. The van der Waals surface area contributed by atoms with Crippen molar-refractivity contribution in [2.24, 2.45) is 0 Å². The Morgan fingerprint density at radius 3 is 2.41 bits per heavy atom. The summed E-state index contributed by atoms with van der Waals surface area (Å²) in [5, 5.41) is 8.21. The number of amides is 2. The predicted octanol–water partition coefficient (Wildman–Crippen LogP) is 1.54. The summed E-state index contributed by atoms with van der Waals surface area (Å²) in [6.45, 7) is 2.69. The zero-order chi connectivity index (χ0) is 15.5. The van der Waals surface area contributed by atoms with Crippen LogP contribution in [0.25, 0.3) is 11.5 Å². The van der Waals surface area contributed by atoms with E-state index >= 15 is 0 Å². The number of nitrogens with zero attached hydrogens (tertiary/aromatic N) is 5. The molecule has 0 atom stereocenters. The fourth-order valence-electron chi connectivity index (χ4n) is 2.41. The second-order valence-electron chi connectivity index (χ2n) is 5.41. The van der Waals surface area contributed by atoms with E-state index in [-0.39, 0.29) is 6.03 Å². The van der Waals surface area contributed by atoms with Crippen molar-refractivity contribution in [2.45, 2.75) is 0 Å². The Morgan fingerprint density at radius 2 is 1.77 bits per heavy atom. The molecule has 1 aromatic carbocycles. The van der Waals surface area contributed by atoms with Gasteiger partial charge in [0.25, 0.3) is 0 Å². The maximum atomic E-state index is 11.9. The van der Waals surface area contributed by atoms with Crippen LogP contribution >= 0.6 is 0 Å². The summed E-state index contributed by atoms with van der Waals surface area (Å²) >= 11 is 0. The fraction of sp³-hybridized carbons (Fsp3) is 0.400. The van der Waals surface area contributed by atoms with E-state index in [0.717, 1.165) is 5.56 Å². The smallest absolute Gasteiger partial charge is 0.319 e. The molecule has 2 amide bonds. The lowest BCUT2D eigenvalue weighted by Gasteiger charge is -2.34. The number of hydrogen-bond acceptors (Lipinski definition) is 5. The summed E-state index contributed by atoms with van der Waals surface area (Å²) in [7, 11) is 3.53. The summed E-state index contributed by atoms with van der Waals surface area (Å²) in [5.41, 5.74) is 0.905. The Kier molecular flexibility index (Phi) is 3.95. The molecule has 1 aliphatic rings. The van der Waals surface area contributed by atoms with Gasteiger partial charge in [0.05, 0.1) is 0 Å². The van der Waals surface area contributed by atoms with E-state index in [2.05, 4.69) is 10.2 Å². The van der Waals surface area contributed by atoms with Crippen LogP contribution in [0.3, 0.4) is 0 Å². The zero-order valence-corrected chi connectivity index (χ0v) is 12.8. The Morgan fingerprint density at radius 1 is 1.09 bits per heavy atom. The van der Waals surface area contributed by atoms with Gasteiger partial charge >= 0.3 is 12.0 Å². The van der Waals surface area contributed by atoms with E-state index in [9.17, 15) is 4.79 Å². The number of urea groups is 1. The van der Waals surface area contributed by atoms with E-state index < -0.39 is 0 Å². The van der Waals surface area contributed by atoms with Gasteiger partial charge in [0, 0.05) is 45.8 Å². The third kappa shape index (κ3) is 2.88. The number of anilines is 1. The minimum atomic E-state index is 0.0372. The molecular weight excluding hydrogens is 282 g/mol. The average molecular weight is 301 g/mol. The molecule has 0 aliphatic carbocycles. The molecule has 1 saturated heterocycles. The van der Waals surface area contributed by atoms with Crippen LogP contribution in [0.5, 0.6) is 0 Å². The third-order valence-electron chi connectivity index (χ3n) is 3.64. The van der Waals surface area contributed by atoms with Crippen molar-refractivity contribution in [3.63, 3.8) is 0 Å². The highest BCUT2D eigenvalue weighted by Gasteiger charge is 2.25. The monoisotopic (exact) mass is 301 g/mol. The number of carbonyl (C=O) groups is 1. The van der Waals surface area contributed by atoms with Gasteiger partial charge in [-0.3, -0.25) is 0 Å². The SMILES string of the molecule is CN(C)C(=O)N1CCN(c2nnc(-c3ccccc3)o2)CC1. The van der Waals surface area contributed by atoms with Gasteiger partial charge in [-0.05, 0) is 12.1 Å². The average Bonchev–Trinajstić information content (AvgIpc) is 3.05. The minimum Gasteiger partial charge on any atom is -0.403 e. The number of carbonyl (C=O) groups excluding carboxylic acids is 1. The van der Waals surface area contributed by atoms with Crippen molar-refractivity contribution in [3.8, 4) is 11.5 Å². The van der Waals surface area contributed by atoms with Crippen molar-refractivity contribution in [1.82, 2.24) is 20.0 Å². The van der Waals surface area contributed by atoms with Crippen LogP contribution in [-0.4, -0.2) is 66.3 Å². The largest absolute Gasteiger partial charge is 0.403 e. The minimum absolute atomic E-state index is 0.0372. The Hall–Kier alpha value is -2.57. The molecule has 0 unspecified atom stereocenters. The molecule has 7 heteroatoms. The van der Waals surface area contributed by atoms with E-state index in [0.29, 0.717) is 38.1 Å². The summed E-state index contributed by atoms with van der Waals surface area (Å²) in [6.07, 6.45) is 0. The van der Waals surface area contributed by atoms with Gasteiger partial charge in [0.15, 0.2) is 0 Å². The molecule has 1 aliphatic heterocycles. The Balaban J connectivity index is 1.65. The molecule has 0 saturated carbocycles. The van der Waals surface area contributed by atoms with Gasteiger partial charge in [0.2, 0.25) is 5.89 Å². The lowest BCUT2D eigenvalue weighted by atomic mass is 10.2. The molecule has 1 fully saturated rings. The number of rotatable bonds is 2. The molecule has 2 heterocycles. The third-order valence-corrected chi connectivity index (χ3v) is 3.64. The molecule has 22 heavy (non-hydrogen) atoms. The maximum Gasteiger partial charge on any atom is 0.319 e. The fourth-order valence-corrected chi connectivity index (χ4v) is 2.41. The van der Waals surface area contributed by atoms with E-state index in [1.807, 2.05) is 40.1 Å². The lowest BCUT2D eigenvalue weighted by Crippen LogP contribution is -2.51. The number of hydrogen-bond donors (Lipinski definition) is 0. The van der Waals surface area contributed by atoms with Crippen LogP contribution in [0.4, 0.5) is 10.8 Å². The Bertz CT molecular complexity index is 632. The quantitative estimate of drug-likeness (QED) is 0.842. The van der Waals surface area contributed by atoms with Gasteiger partial charge in [-0.1, -0.05) is 23.3 Å². The summed E-state index contributed by atoms with van der Waals surface area (Å²) in [4.78, 5) is 17.3. The van der Waals surface area contributed by atoms with Crippen molar-refractivity contribution in [1.29, 1.82) is 0 Å². The zero-order valence-electron chi connectivity index (χ0n) is 12.8. The standard InChI is InChI=1S/C15H19N5O2/c1-18(2)15(21)20-10-8-19(9-11-20)14-17-16-13(22-14)12-6-4-3-5-7-12/h3-7H,8-11H2,1-2H3. The number of benzene rings is 1. The van der Waals surface area contributed by atoms with Crippen molar-refractivity contribution < 1.29 is 9.21 Å². The first kappa shape index (κ1) is 14.4. The molecule has 0 bridgehead atoms. The molecular formula is C15H19N5O2. The van der Waals surface area contributed by atoms with Gasteiger partial charge < -0.3 is 19.1 Å². The normalized spacial score (nSPS) is 15.0. The first-order valence-corrected chi connectivity index (χ1v) is 7.25. The van der Waals surface area contributed by atoms with Crippen molar-refractivity contribution >= 4 is 12.0 Å². The number of piperazine rings is 1. The highest BCUT2D eigenvalue weighted by atomic mass is 16.4. The van der Waals surface area contributed by atoms with E-state index in [1.165, 1.54) is 0 Å². The molecule has 7 nitrogen and oxygen atoms in total. The second kappa shape index (κ2) is 6.05. The lowest BCUT2D eigenvalue weighted by molar-refractivity contribution is 0.167. The molecule has 3 rings (SSSR count). The van der Waals surface area contributed by atoms with Gasteiger partial charge in [-0.25, -0.2) is 4.79 Å². The first-order chi connectivity index (χ1) is 10.6. The molecule has 0 radical (unpaired) electrons. The molecule has 116 valence electrons. The van der Waals surface area contributed by atoms with Gasteiger partial charge in [0.1, 0.15) is 0 Å². The van der Waals surface area contributed by atoms with Crippen LogP contribution < -0.4 is 4.90 Å². The molecule has 0 spiro atoms. The molecule has 1 aromatic heterocycles. The highest BCUT2D eigenvalue weighted by Crippen LogP contribution is 2.22. The van der Waals surface area contributed by atoms with Crippen molar-refractivity contribution in [2.75, 3.05) is 45.2 Å². The predicted molar refractivity (Wildman–Crippen MR) is 82.6 cm³/mol. The van der Waals surface area contributed by atoms with Crippen LogP contribution in [0.2, 0.25) is 0 Å². The molecule has 2 aromatic rings. The topological polar surface area (TPSA) is 65.7 Å². The number of aromatic nitrogens is 2. The summed E-state index contributed by atoms with van der Waals surface area (Å²) in [6, 6.07) is 10.2. The summed E-state index contributed by atoms with van der Waals surface area (Å²) in [5.74, 6) is 0.516. The van der Waals surface area contributed by atoms with E-state index in [4.69, 9.17) is 4.42 Å². The van der Waals surface area contributed by atoms with Crippen LogP contribution in [-0.2, 0) is 0 Å². The maximum absolute atomic E-state index is 11.9. The van der Waals surface area contributed by atoms with Crippen LogP contribution in [0, 0.1) is 0 Å². The van der Waals surface area contributed by atoms with Crippen LogP contribution in [0.1, 0.15) is 0 Å². The Labute approximate surface area is 129 Å². The van der Waals surface area contributed by atoms with Gasteiger partial charge in [-0.2, -0.15) is 0 Å². The first-order valence-electron chi connectivity index (χ1n) is 7.25. The highest BCUT2D eigenvalue weighted by molar-refractivity contribution is 5.74. The van der Waals surface area contributed by atoms with Gasteiger partial charge in [-0.15, -0.1) is 5.10 Å². The molecule has 0 N–H and O–H groups in total. The van der Waals surface area contributed by atoms with Crippen molar-refractivity contribution in [3.05, 3.63) is 30.3 Å².